The van der Waals surface area contributed by atoms with Crippen molar-refractivity contribution in [3.05, 3.63) is 35.2 Å². The minimum atomic E-state index is -0.620. The molecule has 0 radical (unpaired) electrons. The molecule has 5 nitrogen and oxygen atoms in total. The number of hydrogen-bond donors (Lipinski definition) is 2. The first-order chi connectivity index (χ1) is 9.45. The molecular weight excluding hydrogens is 296 g/mol. The highest BCUT2D eigenvalue weighted by molar-refractivity contribution is 7.99. The summed E-state index contributed by atoms with van der Waals surface area (Å²) in [6, 6.07) is 8.15. The summed E-state index contributed by atoms with van der Waals surface area (Å²) < 4.78 is 5.43. The van der Waals surface area contributed by atoms with Gasteiger partial charge in [-0.05, 0) is 38.1 Å². The van der Waals surface area contributed by atoms with Crippen LogP contribution in [0.1, 0.15) is 19.7 Å². The second-order valence-electron chi connectivity index (χ2n) is 4.86. The molecule has 7 heteroatoms. The number of benzene rings is 1. The highest BCUT2D eigenvalue weighted by Gasteiger charge is 2.21. The van der Waals surface area contributed by atoms with E-state index in [4.69, 9.17) is 21.8 Å². The van der Waals surface area contributed by atoms with Gasteiger partial charge in [0.25, 0.3) is 0 Å². The van der Waals surface area contributed by atoms with Crippen LogP contribution in [-0.4, -0.2) is 22.5 Å². The van der Waals surface area contributed by atoms with E-state index in [-0.39, 0.29) is 0 Å². The van der Waals surface area contributed by atoms with E-state index in [1.165, 1.54) is 4.90 Å². The summed E-state index contributed by atoms with van der Waals surface area (Å²) in [5.74, 6) is 1.30. The van der Waals surface area contributed by atoms with Gasteiger partial charge in [0.15, 0.2) is 0 Å². The average Bonchev–Trinajstić information content (AvgIpc) is 2.85. The molecule has 1 heterocycles. The Hall–Kier alpha value is -1.24. The van der Waals surface area contributed by atoms with Crippen molar-refractivity contribution in [1.82, 2.24) is 10.2 Å². The van der Waals surface area contributed by atoms with Gasteiger partial charge < -0.3 is 15.5 Å². The number of aromatic nitrogens is 2. The molecule has 20 heavy (non-hydrogen) atoms. The predicted molar refractivity (Wildman–Crippen MR) is 82.2 cm³/mol. The zero-order valence-electron chi connectivity index (χ0n) is 11.4. The summed E-state index contributed by atoms with van der Waals surface area (Å²) in [7, 11) is 0. The lowest BCUT2D eigenvalue weighted by Crippen LogP contribution is -2.29. The van der Waals surface area contributed by atoms with E-state index in [0.717, 1.165) is 17.3 Å². The summed E-state index contributed by atoms with van der Waals surface area (Å²) in [4.78, 5) is 1.17. The molecule has 0 saturated heterocycles. The Morgan fingerprint density at radius 2 is 2.00 bits per heavy atom. The van der Waals surface area contributed by atoms with Crippen LogP contribution in [0.25, 0.3) is 0 Å². The van der Waals surface area contributed by atoms with Gasteiger partial charge in [0.05, 0.1) is 5.54 Å². The fourth-order valence-electron chi connectivity index (χ4n) is 1.41. The molecule has 1 aromatic carbocycles. The molecular formula is C13H17ClN4OS. The number of nitrogens with one attached hydrogen (secondary N) is 1. The second kappa shape index (κ2) is 6.47. The maximum Gasteiger partial charge on any atom is 0.315 e. The molecule has 0 saturated carbocycles. The molecule has 0 bridgehead atoms. The monoisotopic (exact) mass is 312 g/mol. The standard InChI is InChI=1S/C13H17ClN4OS/c1-13(2,15)11-17-18-12(19-11)16-7-8-20-10-5-3-9(14)4-6-10/h3-6H,7-8,15H2,1-2H3,(H,16,18). The van der Waals surface area contributed by atoms with E-state index in [0.29, 0.717) is 11.9 Å². The van der Waals surface area contributed by atoms with E-state index >= 15 is 0 Å². The Kier molecular flexibility index (Phi) is 4.91. The highest BCUT2D eigenvalue weighted by atomic mass is 35.5. The Labute approximate surface area is 127 Å². The summed E-state index contributed by atoms with van der Waals surface area (Å²) >= 11 is 7.56. The minimum Gasteiger partial charge on any atom is -0.406 e. The predicted octanol–water partition coefficient (Wildman–Crippen LogP) is 3.12. The number of halogens is 1. The fourth-order valence-corrected chi connectivity index (χ4v) is 2.31. The number of nitrogens with zero attached hydrogens (tertiary/aromatic N) is 2. The third-order valence-electron chi connectivity index (χ3n) is 2.44. The van der Waals surface area contributed by atoms with Gasteiger partial charge in [-0.25, -0.2) is 0 Å². The quantitative estimate of drug-likeness (QED) is 0.630. The summed E-state index contributed by atoms with van der Waals surface area (Å²) in [6.07, 6.45) is 0. The Morgan fingerprint density at radius 1 is 1.30 bits per heavy atom. The third kappa shape index (κ3) is 4.40. The number of thioether (sulfide) groups is 1. The van der Waals surface area contributed by atoms with Gasteiger partial charge in [-0.15, -0.1) is 16.9 Å². The SMILES string of the molecule is CC(C)(N)c1nnc(NCCSc2ccc(Cl)cc2)o1. The first-order valence-corrected chi connectivity index (χ1v) is 7.56. The van der Waals surface area contributed by atoms with Crippen LogP contribution in [0, 0.1) is 0 Å². The van der Waals surface area contributed by atoms with Crippen LogP contribution in [-0.2, 0) is 5.54 Å². The molecule has 2 rings (SSSR count). The minimum absolute atomic E-state index is 0.398. The summed E-state index contributed by atoms with van der Waals surface area (Å²) in [5, 5.41) is 11.6. The van der Waals surface area contributed by atoms with Crippen molar-refractivity contribution in [2.24, 2.45) is 5.73 Å². The fraction of sp³-hybridized carbons (Fsp3) is 0.385. The van der Waals surface area contributed by atoms with Gasteiger partial charge in [0.1, 0.15) is 0 Å². The van der Waals surface area contributed by atoms with E-state index < -0.39 is 5.54 Å². The largest absolute Gasteiger partial charge is 0.406 e. The van der Waals surface area contributed by atoms with E-state index in [9.17, 15) is 0 Å². The molecule has 108 valence electrons. The molecule has 0 atom stereocenters. The maximum atomic E-state index is 5.87. The van der Waals surface area contributed by atoms with Crippen LogP contribution in [0.3, 0.4) is 0 Å². The van der Waals surface area contributed by atoms with Crippen molar-refractivity contribution in [2.45, 2.75) is 24.3 Å². The Balaban J connectivity index is 1.76. The van der Waals surface area contributed by atoms with Gasteiger partial charge >= 0.3 is 6.01 Å². The van der Waals surface area contributed by atoms with Crippen molar-refractivity contribution in [3.63, 3.8) is 0 Å². The van der Waals surface area contributed by atoms with Crippen LogP contribution < -0.4 is 11.1 Å². The first kappa shape index (κ1) is 15.2. The zero-order chi connectivity index (χ0) is 14.6. The highest BCUT2D eigenvalue weighted by Crippen LogP contribution is 2.20. The van der Waals surface area contributed by atoms with Crippen molar-refractivity contribution >= 4 is 29.4 Å². The third-order valence-corrected chi connectivity index (χ3v) is 3.70. The van der Waals surface area contributed by atoms with Crippen LogP contribution in [0.5, 0.6) is 0 Å². The summed E-state index contributed by atoms with van der Waals surface area (Å²) in [5.41, 5.74) is 5.25. The molecule has 0 amide bonds. The molecule has 0 aliphatic heterocycles. The normalized spacial score (nSPS) is 11.6. The van der Waals surface area contributed by atoms with Crippen molar-refractivity contribution in [2.75, 3.05) is 17.6 Å². The van der Waals surface area contributed by atoms with Crippen molar-refractivity contribution in [1.29, 1.82) is 0 Å². The molecule has 0 aliphatic rings. The van der Waals surface area contributed by atoms with Gasteiger partial charge in [0, 0.05) is 22.2 Å². The smallest absolute Gasteiger partial charge is 0.315 e. The van der Waals surface area contributed by atoms with Crippen LogP contribution >= 0.6 is 23.4 Å². The van der Waals surface area contributed by atoms with Gasteiger partial charge in [-0.1, -0.05) is 16.7 Å². The maximum absolute atomic E-state index is 5.87. The van der Waals surface area contributed by atoms with E-state index in [1.54, 1.807) is 11.8 Å². The molecule has 0 aliphatic carbocycles. The van der Waals surface area contributed by atoms with Crippen LogP contribution in [0.15, 0.2) is 33.6 Å². The van der Waals surface area contributed by atoms with E-state index in [1.807, 2.05) is 38.1 Å². The van der Waals surface area contributed by atoms with Crippen molar-refractivity contribution in [3.8, 4) is 0 Å². The number of nitrogens with two attached hydrogens (primary N) is 1. The Bertz CT molecular complexity index is 550. The zero-order valence-corrected chi connectivity index (χ0v) is 13.0. The van der Waals surface area contributed by atoms with Gasteiger partial charge in [-0.2, -0.15) is 0 Å². The number of hydrogen-bond acceptors (Lipinski definition) is 6. The van der Waals surface area contributed by atoms with Crippen LogP contribution in [0.4, 0.5) is 6.01 Å². The molecule has 0 unspecified atom stereocenters. The summed E-state index contributed by atoms with van der Waals surface area (Å²) in [6.45, 7) is 4.36. The van der Waals surface area contributed by atoms with Crippen LogP contribution in [0.2, 0.25) is 5.02 Å². The van der Waals surface area contributed by atoms with Gasteiger partial charge in [-0.3, -0.25) is 0 Å². The van der Waals surface area contributed by atoms with Gasteiger partial charge in [0.2, 0.25) is 5.89 Å². The van der Waals surface area contributed by atoms with Crippen molar-refractivity contribution < 1.29 is 4.42 Å². The number of anilines is 1. The Morgan fingerprint density at radius 3 is 2.60 bits per heavy atom. The average molecular weight is 313 g/mol. The molecule has 3 N–H and O–H groups in total. The second-order valence-corrected chi connectivity index (χ2v) is 6.47. The molecule has 0 spiro atoms. The first-order valence-electron chi connectivity index (χ1n) is 6.20. The molecule has 2 aromatic rings. The lowest BCUT2D eigenvalue weighted by atomic mass is 10.1. The topological polar surface area (TPSA) is 77.0 Å². The lowest BCUT2D eigenvalue weighted by Gasteiger charge is -2.11. The number of rotatable bonds is 6. The lowest BCUT2D eigenvalue weighted by molar-refractivity contribution is 0.384. The van der Waals surface area contributed by atoms with E-state index in [2.05, 4.69) is 15.5 Å². The molecule has 0 fully saturated rings. The molecule has 1 aromatic heterocycles.